The van der Waals surface area contributed by atoms with Crippen LogP contribution in [-0.4, -0.2) is 41.9 Å². The number of nitrogens with zero attached hydrogens (tertiary/aromatic N) is 2. The van der Waals surface area contributed by atoms with E-state index in [0.29, 0.717) is 18.7 Å². The highest BCUT2D eigenvalue weighted by Crippen LogP contribution is 2.19. The molecule has 0 saturated heterocycles. The number of esters is 1. The zero-order valence-corrected chi connectivity index (χ0v) is 14.3. The maximum absolute atomic E-state index is 11.9. The molecule has 0 aromatic carbocycles. The van der Waals surface area contributed by atoms with Gasteiger partial charge in [0.1, 0.15) is 0 Å². The second-order valence-corrected chi connectivity index (χ2v) is 5.21. The summed E-state index contributed by atoms with van der Waals surface area (Å²) in [6.07, 6.45) is 4.36. The van der Waals surface area contributed by atoms with Crippen molar-refractivity contribution in [2.24, 2.45) is 0 Å². The van der Waals surface area contributed by atoms with Crippen molar-refractivity contribution in [3.05, 3.63) is 12.4 Å². The molecule has 0 spiro atoms. The van der Waals surface area contributed by atoms with Crippen LogP contribution in [0.25, 0.3) is 0 Å². The molecule has 1 aromatic heterocycles. The van der Waals surface area contributed by atoms with Crippen molar-refractivity contribution in [2.75, 3.05) is 25.5 Å². The van der Waals surface area contributed by atoms with Gasteiger partial charge in [-0.15, -0.1) is 12.4 Å². The smallest absolute Gasteiger partial charge is 0.333 e. The third-order valence-electron chi connectivity index (χ3n) is 3.04. The predicted octanol–water partition coefficient (Wildman–Crippen LogP) is 1.54. The summed E-state index contributed by atoms with van der Waals surface area (Å²) in [4.78, 5) is 23.6. The van der Waals surface area contributed by atoms with Crippen molar-refractivity contribution in [3.8, 4) is 0 Å². The number of aromatic nitrogens is 2. The molecule has 22 heavy (non-hydrogen) atoms. The summed E-state index contributed by atoms with van der Waals surface area (Å²) < 4.78 is 6.52. The Morgan fingerprint density at radius 2 is 2.09 bits per heavy atom. The lowest BCUT2D eigenvalue weighted by Gasteiger charge is -2.22. The number of ether oxygens (including phenoxy) is 1. The monoisotopic (exact) mass is 332 g/mol. The van der Waals surface area contributed by atoms with Gasteiger partial charge in [0.15, 0.2) is 5.54 Å². The molecule has 0 fully saturated rings. The molecule has 1 amide bonds. The molecule has 1 heterocycles. The minimum atomic E-state index is -0.912. The molecule has 0 saturated carbocycles. The van der Waals surface area contributed by atoms with E-state index >= 15 is 0 Å². The van der Waals surface area contributed by atoms with Crippen LogP contribution in [0.2, 0.25) is 0 Å². The Morgan fingerprint density at radius 3 is 2.68 bits per heavy atom. The Hall–Kier alpha value is -1.60. The van der Waals surface area contributed by atoms with Crippen molar-refractivity contribution in [1.29, 1.82) is 0 Å². The summed E-state index contributed by atoms with van der Waals surface area (Å²) in [7, 11) is 1.85. The molecule has 8 heteroatoms. The van der Waals surface area contributed by atoms with Crippen LogP contribution >= 0.6 is 12.4 Å². The normalized spacial score (nSPS) is 10.7. The van der Waals surface area contributed by atoms with Gasteiger partial charge in [0.2, 0.25) is 5.91 Å². The number of anilines is 1. The van der Waals surface area contributed by atoms with Crippen molar-refractivity contribution >= 4 is 30.0 Å². The summed E-state index contributed by atoms with van der Waals surface area (Å²) in [6, 6.07) is 0. The minimum Gasteiger partial charge on any atom is -0.464 e. The third-order valence-corrected chi connectivity index (χ3v) is 3.04. The number of hydrogen-bond acceptors (Lipinski definition) is 5. The minimum absolute atomic E-state index is 0. The van der Waals surface area contributed by atoms with Crippen LogP contribution in [0.4, 0.5) is 5.69 Å². The summed E-state index contributed by atoms with van der Waals surface area (Å²) in [5.74, 6) is -0.432. The van der Waals surface area contributed by atoms with Crippen LogP contribution in [0.1, 0.15) is 33.6 Å². The maximum Gasteiger partial charge on any atom is 0.333 e. The topological polar surface area (TPSA) is 85.2 Å². The number of carbonyl (C=O) groups excluding carboxylic acids is 2. The molecule has 7 nitrogen and oxygen atoms in total. The SMILES string of the molecule is CCOC(=O)C(C)(C)n1cc(NC(=O)CCCNC)cn1.Cl. The fourth-order valence-corrected chi connectivity index (χ4v) is 1.74. The molecule has 0 radical (unpaired) electrons. The molecule has 0 atom stereocenters. The summed E-state index contributed by atoms with van der Waals surface area (Å²) in [6.45, 7) is 6.31. The van der Waals surface area contributed by atoms with Gasteiger partial charge < -0.3 is 15.4 Å². The second kappa shape index (κ2) is 9.42. The molecule has 2 N–H and O–H groups in total. The number of nitrogens with one attached hydrogen (secondary N) is 2. The van der Waals surface area contributed by atoms with E-state index in [1.807, 2.05) is 7.05 Å². The molecular weight excluding hydrogens is 308 g/mol. The summed E-state index contributed by atoms with van der Waals surface area (Å²) >= 11 is 0. The van der Waals surface area contributed by atoms with E-state index in [9.17, 15) is 9.59 Å². The molecular formula is C14H25ClN4O3. The summed E-state index contributed by atoms with van der Waals surface area (Å²) in [5, 5.41) is 9.88. The van der Waals surface area contributed by atoms with E-state index in [0.717, 1.165) is 13.0 Å². The lowest BCUT2D eigenvalue weighted by molar-refractivity contribution is -0.152. The maximum atomic E-state index is 11.9. The van der Waals surface area contributed by atoms with Gasteiger partial charge >= 0.3 is 5.97 Å². The average Bonchev–Trinajstić information content (AvgIpc) is 2.88. The first-order valence-corrected chi connectivity index (χ1v) is 7.08. The van der Waals surface area contributed by atoms with Crippen LogP contribution in [0, 0.1) is 0 Å². The number of hydrogen-bond donors (Lipinski definition) is 2. The first-order chi connectivity index (χ1) is 9.91. The molecule has 0 aliphatic rings. The molecule has 0 unspecified atom stereocenters. The molecule has 1 rings (SSSR count). The predicted molar refractivity (Wildman–Crippen MR) is 87.2 cm³/mol. The zero-order valence-electron chi connectivity index (χ0n) is 13.5. The van der Waals surface area contributed by atoms with Crippen LogP contribution in [0.15, 0.2) is 12.4 Å². The third kappa shape index (κ3) is 5.65. The first kappa shape index (κ1) is 20.4. The largest absolute Gasteiger partial charge is 0.464 e. The first-order valence-electron chi connectivity index (χ1n) is 7.08. The lowest BCUT2D eigenvalue weighted by atomic mass is 10.1. The fraction of sp³-hybridized carbons (Fsp3) is 0.643. The molecule has 0 aliphatic heterocycles. The van der Waals surface area contributed by atoms with Crippen molar-refractivity contribution in [2.45, 2.75) is 39.2 Å². The Morgan fingerprint density at radius 1 is 1.41 bits per heavy atom. The van der Waals surface area contributed by atoms with Crippen molar-refractivity contribution in [1.82, 2.24) is 15.1 Å². The average molecular weight is 333 g/mol. The van der Waals surface area contributed by atoms with Gasteiger partial charge in [-0.1, -0.05) is 0 Å². The molecule has 0 aliphatic carbocycles. The highest BCUT2D eigenvalue weighted by Gasteiger charge is 2.32. The molecule has 1 aromatic rings. The van der Waals surface area contributed by atoms with E-state index in [-0.39, 0.29) is 24.3 Å². The standard InChI is InChI=1S/C14H24N4O3.ClH/c1-5-21-13(20)14(2,3)18-10-11(9-16-18)17-12(19)7-6-8-15-4;/h9-10,15H,5-8H2,1-4H3,(H,17,19);1H. The van der Waals surface area contributed by atoms with Crippen LogP contribution < -0.4 is 10.6 Å². The summed E-state index contributed by atoms with van der Waals surface area (Å²) in [5.41, 5.74) is -0.340. The van der Waals surface area contributed by atoms with E-state index in [2.05, 4.69) is 15.7 Å². The Bertz CT molecular complexity index is 488. The number of carbonyl (C=O) groups is 2. The Balaban J connectivity index is 0.00000441. The van der Waals surface area contributed by atoms with Gasteiger partial charge in [0, 0.05) is 12.6 Å². The Kier molecular flexibility index (Phi) is 8.74. The second-order valence-electron chi connectivity index (χ2n) is 5.21. The van der Waals surface area contributed by atoms with Gasteiger partial charge in [0.05, 0.1) is 18.5 Å². The van der Waals surface area contributed by atoms with Crippen LogP contribution in [-0.2, 0) is 19.9 Å². The number of rotatable bonds is 8. The fourth-order valence-electron chi connectivity index (χ4n) is 1.74. The van der Waals surface area contributed by atoms with Crippen LogP contribution in [0.5, 0.6) is 0 Å². The van der Waals surface area contributed by atoms with Gasteiger partial charge in [-0.05, 0) is 40.8 Å². The van der Waals surface area contributed by atoms with Gasteiger partial charge in [-0.25, -0.2) is 4.79 Å². The molecule has 0 bridgehead atoms. The Labute approximate surface area is 137 Å². The number of amides is 1. The van der Waals surface area contributed by atoms with Crippen molar-refractivity contribution in [3.63, 3.8) is 0 Å². The number of halogens is 1. The van der Waals surface area contributed by atoms with Crippen molar-refractivity contribution < 1.29 is 14.3 Å². The highest BCUT2D eigenvalue weighted by atomic mass is 35.5. The quantitative estimate of drug-likeness (QED) is 0.557. The highest BCUT2D eigenvalue weighted by molar-refractivity contribution is 5.90. The lowest BCUT2D eigenvalue weighted by Crippen LogP contribution is -2.37. The van der Waals surface area contributed by atoms with E-state index in [4.69, 9.17) is 4.74 Å². The van der Waals surface area contributed by atoms with Crippen LogP contribution in [0.3, 0.4) is 0 Å². The van der Waals surface area contributed by atoms with Gasteiger partial charge in [0.25, 0.3) is 0 Å². The van der Waals surface area contributed by atoms with E-state index in [1.165, 1.54) is 10.9 Å². The van der Waals surface area contributed by atoms with E-state index in [1.54, 1.807) is 27.0 Å². The van der Waals surface area contributed by atoms with Gasteiger partial charge in [-0.2, -0.15) is 5.10 Å². The van der Waals surface area contributed by atoms with E-state index < -0.39 is 5.54 Å². The van der Waals surface area contributed by atoms with Gasteiger partial charge in [-0.3, -0.25) is 9.48 Å². The zero-order chi connectivity index (χ0) is 15.9. The molecule has 126 valence electrons.